The molecule has 35 heavy (non-hydrogen) atoms. The van der Waals surface area contributed by atoms with Crippen LogP contribution < -0.4 is 15.4 Å². The molecule has 1 saturated heterocycles. The van der Waals surface area contributed by atoms with Crippen LogP contribution in [0.3, 0.4) is 0 Å². The van der Waals surface area contributed by atoms with E-state index in [1.54, 1.807) is 45.0 Å². The average molecular weight is 503 g/mol. The highest BCUT2D eigenvalue weighted by Crippen LogP contribution is 2.33. The Morgan fingerprint density at radius 2 is 1.63 bits per heavy atom. The molecule has 4 amide bonds. The number of ether oxygens (including phenoxy) is 1. The lowest BCUT2D eigenvalue weighted by Gasteiger charge is -2.26. The first-order valence-corrected chi connectivity index (χ1v) is 12.8. The molecule has 2 aromatic carbocycles. The minimum Gasteiger partial charge on any atom is -0.497 e. The van der Waals surface area contributed by atoms with Crippen LogP contribution in [0, 0.1) is 0 Å². The summed E-state index contributed by atoms with van der Waals surface area (Å²) in [6.45, 7) is 5.50. The van der Waals surface area contributed by atoms with E-state index in [-0.39, 0.29) is 4.90 Å². The van der Waals surface area contributed by atoms with E-state index >= 15 is 0 Å². The smallest absolute Gasteiger partial charge is 0.325 e. The number of rotatable bonds is 10. The molecule has 1 atom stereocenters. The molecule has 2 aromatic rings. The van der Waals surface area contributed by atoms with E-state index in [0.717, 1.165) is 4.90 Å². The summed E-state index contributed by atoms with van der Waals surface area (Å²) in [5.74, 6) is -0.496. The number of imide groups is 1. The lowest BCUT2D eigenvalue weighted by Crippen LogP contribution is -2.44. The van der Waals surface area contributed by atoms with E-state index in [2.05, 4.69) is 10.6 Å². The lowest BCUT2D eigenvalue weighted by atomic mass is 9.87. The largest absolute Gasteiger partial charge is 0.497 e. The SMILES string of the molecule is CCN(CC)S(=O)(=O)c1ccc(NC(=O)CN2C(=O)NC(CC)(c3ccc(OC)cc3)C2=O)cc1. The monoisotopic (exact) mass is 502 g/mol. The normalized spacial score (nSPS) is 18.0. The molecule has 10 nitrogen and oxygen atoms in total. The van der Waals surface area contributed by atoms with Gasteiger partial charge >= 0.3 is 6.03 Å². The molecule has 3 rings (SSSR count). The van der Waals surface area contributed by atoms with Crippen molar-refractivity contribution in [1.29, 1.82) is 0 Å². The Hall–Kier alpha value is -3.44. The Kier molecular flexibility index (Phi) is 7.81. The number of sulfonamides is 1. The van der Waals surface area contributed by atoms with Crippen LogP contribution in [0.2, 0.25) is 0 Å². The first-order valence-electron chi connectivity index (χ1n) is 11.3. The number of anilines is 1. The molecular formula is C24H30N4O6S. The highest BCUT2D eigenvalue weighted by Gasteiger charge is 2.51. The van der Waals surface area contributed by atoms with Crippen molar-refractivity contribution in [3.63, 3.8) is 0 Å². The second kappa shape index (κ2) is 10.4. The fraction of sp³-hybridized carbons (Fsp3) is 0.375. The molecule has 0 radical (unpaired) electrons. The number of urea groups is 1. The second-order valence-corrected chi connectivity index (χ2v) is 9.91. The van der Waals surface area contributed by atoms with Crippen LogP contribution in [-0.2, 0) is 25.2 Å². The van der Waals surface area contributed by atoms with E-state index in [1.165, 1.54) is 35.7 Å². The second-order valence-electron chi connectivity index (χ2n) is 7.97. The first-order chi connectivity index (χ1) is 16.6. The van der Waals surface area contributed by atoms with Gasteiger partial charge in [-0.15, -0.1) is 0 Å². The zero-order valence-corrected chi connectivity index (χ0v) is 21.0. The molecule has 1 aliphatic heterocycles. The van der Waals surface area contributed by atoms with E-state index < -0.39 is 40.0 Å². The van der Waals surface area contributed by atoms with Crippen LogP contribution >= 0.6 is 0 Å². The molecule has 1 aliphatic rings. The molecule has 0 bridgehead atoms. The topological polar surface area (TPSA) is 125 Å². The number of amides is 4. The fourth-order valence-corrected chi connectivity index (χ4v) is 5.51. The van der Waals surface area contributed by atoms with Crippen molar-refractivity contribution in [2.24, 2.45) is 0 Å². The van der Waals surface area contributed by atoms with Gasteiger partial charge in [-0.25, -0.2) is 13.2 Å². The number of carbonyl (C=O) groups is 3. The van der Waals surface area contributed by atoms with Crippen molar-refractivity contribution >= 4 is 33.6 Å². The summed E-state index contributed by atoms with van der Waals surface area (Å²) in [5.41, 5.74) is -0.339. The van der Waals surface area contributed by atoms with Crippen molar-refractivity contribution in [2.75, 3.05) is 32.1 Å². The highest BCUT2D eigenvalue weighted by molar-refractivity contribution is 7.89. The van der Waals surface area contributed by atoms with Gasteiger partial charge in [0.05, 0.1) is 12.0 Å². The van der Waals surface area contributed by atoms with Crippen molar-refractivity contribution < 1.29 is 27.5 Å². The predicted molar refractivity (Wildman–Crippen MR) is 130 cm³/mol. The number of methoxy groups -OCH3 is 1. The van der Waals surface area contributed by atoms with Crippen molar-refractivity contribution in [2.45, 2.75) is 37.6 Å². The molecule has 1 unspecified atom stereocenters. The Morgan fingerprint density at radius 3 is 2.14 bits per heavy atom. The van der Waals surface area contributed by atoms with Gasteiger partial charge in [-0.2, -0.15) is 4.31 Å². The Bertz CT molecular complexity index is 1190. The molecule has 11 heteroatoms. The molecule has 0 aromatic heterocycles. The minimum absolute atomic E-state index is 0.112. The maximum Gasteiger partial charge on any atom is 0.325 e. The molecular weight excluding hydrogens is 472 g/mol. The van der Waals surface area contributed by atoms with Crippen LogP contribution in [0.15, 0.2) is 53.4 Å². The molecule has 1 heterocycles. The maximum atomic E-state index is 13.2. The van der Waals surface area contributed by atoms with Gasteiger partial charge in [0.1, 0.15) is 17.8 Å². The van der Waals surface area contributed by atoms with E-state index in [1.807, 2.05) is 0 Å². The lowest BCUT2D eigenvalue weighted by molar-refractivity contribution is -0.134. The molecule has 0 aliphatic carbocycles. The predicted octanol–water partition coefficient (Wildman–Crippen LogP) is 2.52. The van der Waals surface area contributed by atoms with E-state index in [4.69, 9.17) is 4.74 Å². The summed E-state index contributed by atoms with van der Waals surface area (Å²) in [7, 11) is -2.09. The molecule has 188 valence electrons. The van der Waals surface area contributed by atoms with Gasteiger partial charge in [-0.3, -0.25) is 14.5 Å². The number of benzene rings is 2. The summed E-state index contributed by atoms with van der Waals surface area (Å²) in [6, 6.07) is 11.9. The molecule has 2 N–H and O–H groups in total. The minimum atomic E-state index is -3.62. The Morgan fingerprint density at radius 1 is 1.03 bits per heavy atom. The number of nitrogens with zero attached hydrogens (tertiary/aromatic N) is 2. The van der Waals surface area contributed by atoms with Gasteiger partial charge in [0.25, 0.3) is 5.91 Å². The number of nitrogens with one attached hydrogen (secondary N) is 2. The van der Waals surface area contributed by atoms with Gasteiger partial charge in [0.15, 0.2) is 0 Å². The van der Waals surface area contributed by atoms with Crippen molar-refractivity contribution in [3.8, 4) is 5.75 Å². The van der Waals surface area contributed by atoms with Gasteiger partial charge in [-0.05, 0) is 48.4 Å². The molecule has 0 spiro atoms. The first kappa shape index (κ1) is 26.2. The van der Waals surface area contributed by atoms with Crippen LogP contribution in [0.25, 0.3) is 0 Å². The fourth-order valence-electron chi connectivity index (χ4n) is 4.05. The summed E-state index contributed by atoms with van der Waals surface area (Å²) in [4.78, 5) is 39.5. The summed E-state index contributed by atoms with van der Waals surface area (Å²) >= 11 is 0. The highest BCUT2D eigenvalue weighted by atomic mass is 32.2. The van der Waals surface area contributed by atoms with Gasteiger partial charge in [-0.1, -0.05) is 32.9 Å². The van der Waals surface area contributed by atoms with E-state index in [9.17, 15) is 22.8 Å². The van der Waals surface area contributed by atoms with Gasteiger partial charge in [0.2, 0.25) is 15.9 Å². The summed E-state index contributed by atoms with van der Waals surface area (Å²) in [6.07, 6.45) is 0.296. The third-order valence-corrected chi connectivity index (χ3v) is 8.14. The van der Waals surface area contributed by atoms with Crippen LogP contribution in [0.1, 0.15) is 32.8 Å². The van der Waals surface area contributed by atoms with Crippen molar-refractivity contribution in [3.05, 3.63) is 54.1 Å². The van der Waals surface area contributed by atoms with Gasteiger partial charge < -0.3 is 15.4 Å². The number of hydrogen-bond donors (Lipinski definition) is 2. The number of hydrogen-bond acceptors (Lipinski definition) is 6. The van der Waals surface area contributed by atoms with Crippen molar-refractivity contribution in [1.82, 2.24) is 14.5 Å². The molecule has 0 saturated carbocycles. The third kappa shape index (κ3) is 5.01. The van der Waals surface area contributed by atoms with E-state index in [0.29, 0.717) is 36.5 Å². The maximum absolute atomic E-state index is 13.2. The summed E-state index contributed by atoms with van der Waals surface area (Å²) in [5, 5.41) is 5.34. The average Bonchev–Trinajstić information content (AvgIpc) is 3.10. The Labute approximate surface area is 205 Å². The Balaban J connectivity index is 1.72. The molecule has 1 fully saturated rings. The van der Waals surface area contributed by atoms with Crippen LogP contribution in [0.5, 0.6) is 5.75 Å². The zero-order chi connectivity index (χ0) is 25.8. The zero-order valence-electron chi connectivity index (χ0n) is 20.2. The van der Waals surface area contributed by atoms with Gasteiger partial charge in [0, 0.05) is 18.8 Å². The number of carbonyl (C=O) groups excluding carboxylic acids is 3. The quantitative estimate of drug-likeness (QED) is 0.481. The summed E-state index contributed by atoms with van der Waals surface area (Å²) < 4.78 is 31.7. The van der Waals surface area contributed by atoms with Crippen LogP contribution in [0.4, 0.5) is 10.5 Å². The third-order valence-electron chi connectivity index (χ3n) is 6.07. The van der Waals surface area contributed by atoms with Crippen LogP contribution in [-0.4, -0.2) is 62.2 Å². The standard InChI is InChI=1S/C24H30N4O6S/c1-5-24(17-8-12-19(34-4)13-9-17)22(30)28(23(31)26-24)16-21(29)25-18-10-14-20(15-11-18)35(32,33)27(6-2)7-3/h8-15H,5-7,16H2,1-4H3,(H,25,29)(H,26,31).